The molecule has 0 amide bonds. The van der Waals surface area contributed by atoms with Crippen LogP contribution in [-0.4, -0.2) is 23.9 Å². The van der Waals surface area contributed by atoms with Crippen molar-refractivity contribution in [1.82, 2.24) is 4.90 Å². The lowest BCUT2D eigenvalue weighted by Gasteiger charge is -2.31. The molecule has 20 heavy (non-hydrogen) atoms. The lowest BCUT2D eigenvalue weighted by molar-refractivity contribution is 0.634. The van der Waals surface area contributed by atoms with E-state index in [2.05, 4.69) is 69.8 Å². The van der Waals surface area contributed by atoms with E-state index in [9.17, 15) is 0 Å². The van der Waals surface area contributed by atoms with Gasteiger partial charge in [-0.3, -0.25) is 4.99 Å². The van der Waals surface area contributed by atoms with Gasteiger partial charge in [-0.05, 0) is 17.7 Å². The summed E-state index contributed by atoms with van der Waals surface area (Å²) >= 11 is 0. The van der Waals surface area contributed by atoms with E-state index in [0.717, 1.165) is 24.7 Å². The molecule has 2 aromatic carbocycles. The fraction of sp³-hybridized carbons (Fsp3) is 0.118. The van der Waals surface area contributed by atoms with Crippen LogP contribution in [0.2, 0.25) is 0 Å². The van der Waals surface area contributed by atoms with E-state index in [1.54, 1.807) is 0 Å². The number of rotatable bonds is 1. The van der Waals surface area contributed by atoms with Crippen molar-refractivity contribution in [2.75, 3.05) is 18.4 Å². The van der Waals surface area contributed by atoms with Gasteiger partial charge in [0.1, 0.15) is 0 Å². The van der Waals surface area contributed by atoms with Crippen LogP contribution < -0.4 is 5.32 Å². The Morgan fingerprint density at radius 2 is 1.80 bits per heavy atom. The summed E-state index contributed by atoms with van der Waals surface area (Å²) < 4.78 is 0. The predicted molar refractivity (Wildman–Crippen MR) is 83.4 cm³/mol. The summed E-state index contributed by atoms with van der Waals surface area (Å²) in [6.07, 6.45) is 2.24. The molecule has 0 fully saturated rings. The van der Waals surface area contributed by atoms with Crippen molar-refractivity contribution in [3.8, 4) is 0 Å². The van der Waals surface area contributed by atoms with Crippen LogP contribution in [-0.2, 0) is 0 Å². The molecule has 0 spiro atoms. The molecule has 2 aliphatic rings. The van der Waals surface area contributed by atoms with Crippen LogP contribution in [0.4, 0.5) is 5.69 Å². The van der Waals surface area contributed by atoms with E-state index in [-0.39, 0.29) is 0 Å². The fourth-order valence-electron chi connectivity index (χ4n) is 2.73. The van der Waals surface area contributed by atoms with Gasteiger partial charge in [0.25, 0.3) is 0 Å². The summed E-state index contributed by atoms with van der Waals surface area (Å²) in [7, 11) is 0. The third-order valence-electron chi connectivity index (χ3n) is 3.68. The maximum absolute atomic E-state index is 4.54. The zero-order valence-electron chi connectivity index (χ0n) is 11.1. The molecule has 2 heterocycles. The van der Waals surface area contributed by atoms with Crippen molar-refractivity contribution in [3.05, 3.63) is 65.7 Å². The average Bonchev–Trinajstić information content (AvgIpc) is 2.96. The molecule has 0 bridgehead atoms. The lowest BCUT2D eigenvalue weighted by Crippen LogP contribution is -2.35. The van der Waals surface area contributed by atoms with Gasteiger partial charge >= 0.3 is 0 Å². The van der Waals surface area contributed by atoms with Gasteiger partial charge in [0.05, 0.1) is 17.9 Å². The van der Waals surface area contributed by atoms with E-state index in [1.165, 1.54) is 16.8 Å². The second kappa shape index (κ2) is 4.53. The van der Waals surface area contributed by atoms with E-state index < -0.39 is 0 Å². The van der Waals surface area contributed by atoms with E-state index in [0.29, 0.717) is 0 Å². The highest BCUT2D eigenvalue weighted by atomic mass is 15.4. The van der Waals surface area contributed by atoms with Gasteiger partial charge in [-0.25, -0.2) is 0 Å². The van der Waals surface area contributed by atoms with Crippen LogP contribution in [0.5, 0.6) is 0 Å². The number of guanidine groups is 1. The maximum Gasteiger partial charge on any atom is 0.203 e. The van der Waals surface area contributed by atoms with Gasteiger partial charge in [-0.2, -0.15) is 0 Å². The third-order valence-corrected chi connectivity index (χ3v) is 3.68. The Hall–Kier alpha value is -2.55. The summed E-state index contributed by atoms with van der Waals surface area (Å²) in [5.74, 6) is 0.964. The zero-order chi connectivity index (χ0) is 13.4. The molecule has 0 radical (unpaired) electrons. The average molecular weight is 261 g/mol. The zero-order valence-corrected chi connectivity index (χ0v) is 11.1. The van der Waals surface area contributed by atoms with Gasteiger partial charge in [0.2, 0.25) is 5.96 Å². The van der Waals surface area contributed by atoms with Crippen molar-refractivity contribution >= 4 is 23.4 Å². The Kier molecular flexibility index (Phi) is 2.56. The van der Waals surface area contributed by atoms with Crippen molar-refractivity contribution in [2.45, 2.75) is 0 Å². The quantitative estimate of drug-likeness (QED) is 0.853. The topological polar surface area (TPSA) is 27.6 Å². The summed E-state index contributed by atoms with van der Waals surface area (Å²) in [5, 5.41) is 3.41. The molecule has 1 N–H and O–H groups in total. The Labute approximate surface area is 118 Å². The maximum atomic E-state index is 4.54. The van der Waals surface area contributed by atoms with Crippen LogP contribution in [0.3, 0.4) is 0 Å². The molecular weight excluding hydrogens is 246 g/mol. The summed E-state index contributed by atoms with van der Waals surface area (Å²) in [4.78, 5) is 6.80. The molecule has 3 heteroatoms. The number of fused-ring (bicyclic) bond motifs is 2. The van der Waals surface area contributed by atoms with Crippen LogP contribution >= 0.6 is 0 Å². The largest absolute Gasteiger partial charge is 0.325 e. The van der Waals surface area contributed by atoms with Gasteiger partial charge < -0.3 is 10.2 Å². The second-order valence-corrected chi connectivity index (χ2v) is 4.97. The highest BCUT2D eigenvalue weighted by Crippen LogP contribution is 2.34. The van der Waals surface area contributed by atoms with Crippen molar-refractivity contribution < 1.29 is 0 Å². The van der Waals surface area contributed by atoms with Crippen LogP contribution in [0.25, 0.3) is 11.8 Å². The van der Waals surface area contributed by atoms with E-state index in [4.69, 9.17) is 0 Å². The molecule has 4 rings (SSSR count). The molecule has 0 aromatic heterocycles. The minimum atomic E-state index is 0.850. The Morgan fingerprint density at radius 1 is 1.00 bits per heavy atom. The minimum absolute atomic E-state index is 0.850. The van der Waals surface area contributed by atoms with Gasteiger partial charge in [-0.15, -0.1) is 0 Å². The predicted octanol–water partition coefficient (Wildman–Crippen LogP) is 3.28. The van der Waals surface area contributed by atoms with Gasteiger partial charge in [0, 0.05) is 12.1 Å². The van der Waals surface area contributed by atoms with Gasteiger partial charge in [0.15, 0.2) is 0 Å². The van der Waals surface area contributed by atoms with Crippen molar-refractivity contribution in [3.63, 3.8) is 0 Å². The first kappa shape index (κ1) is 11.3. The number of aliphatic imine (C=N–C) groups is 1. The highest BCUT2D eigenvalue weighted by molar-refractivity contribution is 6.08. The summed E-state index contributed by atoms with van der Waals surface area (Å²) in [5.41, 5.74) is 4.80. The molecule has 98 valence electrons. The molecule has 3 nitrogen and oxygen atoms in total. The van der Waals surface area contributed by atoms with Crippen molar-refractivity contribution in [1.29, 1.82) is 0 Å². The number of benzene rings is 2. The van der Waals surface area contributed by atoms with E-state index >= 15 is 0 Å². The number of para-hydroxylation sites is 1. The molecule has 0 saturated carbocycles. The van der Waals surface area contributed by atoms with Crippen molar-refractivity contribution in [2.24, 2.45) is 4.99 Å². The normalized spacial score (nSPS) is 18.3. The molecular formula is C17H15N3. The van der Waals surface area contributed by atoms with Gasteiger partial charge in [-0.1, -0.05) is 48.5 Å². The van der Waals surface area contributed by atoms with Crippen LogP contribution in [0.15, 0.2) is 59.6 Å². The smallest absolute Gasteiger partial charge is 0.203 e. The summed E-state index contributed by atoms with van der Waals surface area (Å²) in [6.45, 7) is 1.79. The minimum Gasteiger partial charge on any atom is -0.325 e. The number of nitrogens with zero attached hydrogens (tertiary/aromatic N) is 2. The first-order valence-corrected chi connectivity index (χ1v) is 6.87. The van der Waals surface area contributed by atoms with Crippen LogP contribution in [0, 0.1) is 0 Å². The number of nitrogens with one attached hydrogen (secondary N) is 1. The fourth-order valence-corrected chi connectivity index (χ4v) is 2.73. The molecule has 2 aliphatic heterocycles. The number of anilines is 1. The standard InChI is InChI=1S/C17H15N3/c1-2-6-13(7-3-1)12-16-14-8-4-5-9-15(14)19-17-18-10-11-20(16)17/h1-9,12H,10-11H2,(H,18,19)/b16-12-. The SMILES string of the molecule is C(=C1\c2ccccc2NC2=NCCN21)/c1ccccc1. The molecule has 0 aliphatic carbocycles. The first-order chi connectivity index (χ1) is 9.92. The molecule has 2 aromatic rings. The Morgan fingerprint density at radius 3 is 2.70 bits per heavy atom. The molecule has 0 saturated heterocycles. The number of hydrogen-bond acceptors (Lipinski definition) is 3. The number of hydrogen-bond donors (Lipinski definition) is 1. The summed E-state index contributed by atoms with van der Waals surface area (Å²) in [6, 6.07) is 18.8. The monoisotopic (exact) mass is 261 g/mol. The third kappa shape index (κ3) is 1.79. The van der Waals surface area contributed by atoms with E-state index in [1.807, 2.05) is 6.07 Å². The first-order valence-electron chi connectivity index (χ1n) is 6.87. The Balaban J connectivity index is 1.88. The highest BCUT2D eigenvalue weighted by Gasteiger charge is 2.28. The molecule has 0 unspecified atom stereocenters. The lowest BCUT2D eigenvalue weighted by atomic mass is 10.0. The van der Waals surface area contributed by atoms with Crippen LogP contribution in [0.1, 0.15) is 11.1 Å². The molecule has 0 atom stereocenters. The second-order valence-electron chi connectivity index (χ2n) is 4.97. The Bertz CT molecular complexity index is 701.